The van der Waals surface area contributed by atoms with E-state index in [0.717, 1.165) is 32.1 Å². The topological polar surface area (TPSA) is 291 Å². The van der Waals surface area contributed by atoms with E-state index in [1.165, 1.54) is 24.3 Å². The molecule has 2 aliphatic heterocycles. The third kappa shape index (κ3) is 12.3. The minimum atomic E-state index is -4.29. The van der Waals surface area contributed by atoms with E-state index in [1.54, 1.807) is 24.8 Å². The van der Waals surface area contributed by atoms with Crippen molar-refractivity contribution in [3.05, 3.63) is 46.5 Å². The number of fused-ring (bicyclic) bond motifs is 1. The number of carboxylic acid groups (broad SMARTS) is 3. The number of likely N-dealkylation sites (tertiary alicyclic amines) is 1. The zero-order valence-electron chi connectivity index (χ0n) is 31.4. The first kappa shape index (κ1) is 45.4. The first-order valence-electron chi connectivity index (χ1n) is 18.3. The Morgan fingerprint density at radius 1 is 1.00 bits per heavy atom. The Kier molecular flexibility index (Phi) is 17.3. The summed E-state index contributed by atoms with van der Waals surface area (Å²) in [6, 6.07) is 3.70. The molecule has 56 heavy (non-hydrogen) atoms. The van der Waals surface area contributed by atoms with E-state index in [0.29, 0.717) is 19.4 Å². The Morgan fingerprint density at radius 3 is 2.29 bits per heavy atom. The Hall–Kier alpha value is -4.99. The van der Waals surface area contributed by atoms with Gasteiger partial charge in [-0.05, 0) is 64.0 Å². The molecule has 3 aliphatic rings. The number of rotatable bonds is 19. The minimum absolute atomic E-state index is 0.00817. The highest BCUT2D eigenvalue weighted by Gasteiger charge is 2.48. The van der Waals surface area contributed by atoms with Gasteiger partial charge in [-0.15, -0.1) is 0 Å². The highest BCUT2D eigenvalue weighted by atomic mass is 32.2. The Balaban J connectivity index is 0.000000303. The summed E-state index contributed by atoms with van der Waals surface area (Å²) in [7, 11) is -4.29. The smallest absolute Gasteiger partial charge is 0.326 e. The van der Waals surface area contributed by atoms with Gasteiger partial charge in [-0.2, -0.15) is 4.94 Å². The fraction of sp³-hybridized carbons (Fsp3) is 0.600. The van der Waals surface area contributed by atoms with Crippen molar-refractivity contribution in [1.82, 2.24) is 26.2 Å². The fourth-order valence-corrected chi connectivity index (χ4v) is 8.02. The number of benzene rings is 1. The van der Waals surface area contributed by atoms with E-state index in [9.17, 15) is 47.5 Å². The van der Waals surface area contributed by atoms with Gasteiger partial charge >= 0.3 is 23.9 Å². The predicted octanol–water partition coefficient (Wildman–Crippen LogP) is 1.62. The first-order chi connectivity index (χ1) is 26.5. The molecule has 0 spiro atoms. The summed E-state index contributed by atoms with van der Waals surface area (Å²) >= 11 is 0. The van der Waals surface area contributed by atoms with Crippen molar-refractivity contribution < 1.29 is 66.9 Å². The van der Waals surface area contributed by atoms with Crippen LogP contribution in [0.2, 0.25) is 0 Å². The van der Waals surface area contributed by atoms with Crippen molar-refractivity contribution in [3.63, 3.8) is 0 Å². The molecule has 0 radical (unpaired) electrons. The van der Waals surface area contributed by atoms with Gasteiger partial charge in [0, 0.05) is 12.5 Å². The maximum atomic E-state index is 13.1. The first-order valence-corrected chi connectivity index (χ1v) is 19.8. The summed E-state index contributed by atoms with van der Waals surface area (Å²) < 4.78 is 35.4. The second kappa shape index (κ2) is 21.3. The molecule has 6 N–H and O–H groups in total. The van der Waals surface area contributed by atoms with Crippen molar-refractivity contribution in [2.45, 2.75) is 120 Å². The van der Waals surface area contributed by atoms with Crippen molar-refractivity contribution in [3.8, 4) is 0 Å². The summed E-state index contributed by atoms with van der Waals surface area (Å²) in [5, 5.41) is 43.1. The van der Waals surface area contributed by atoms with Crippen molar-refractivity contribution in [2.75, 3.05) is 13.2 Å². The largest absolute Gasteiger partial charge is 0.731 e. The quantitative estimate of drug-likeness (QED) is 0.108. The number of amides is 2. The predicted molar refractivity (Wildman–Crippen MR) is 194 cm³/mol. The zero-order valence-corrected chi connectivity index (χ0v) is 32.2. The van der Waals surface area contributed by atoms with E-state index in [1.807, 2.05) is 12.4 Å². The number of carbonyl (C=O) groups excluding carboxylic acids is 3. The molecule has 1 saturated carbocycles. The average molecular weight is 813 g/mol. The Bertz CT molecular complexity index is 1690. The maximum Gasteiger partial charge on any atom is 0.326 e. The molecule has 2 amide bonds. The van der Waals surface area contributed by atoms with Crippen molar-refractivity contribution in [2.24, 2.45) is 5.92 Å². The second-order valence-electron chi connectivity index (χ2n) is 13.3. The number of hydrogen-bond donors (Lipinski definition) is 6. The molecule has 4 rings (SSSR count). The molecule has 1 aromatic rings. The van der Waals surface area contributed by atoms with Crippen LogP contribution in [0.3, 0.4) is 0 Å². The van der Waals surface area contributed by atoms with Crippen LogP contribution in [-0.4, -0.2) is 113 Å². The molecule has 0 unspecified atom stereocenters. The number of ether oxygens (including phenoxy) is 2. The number of sulfone groups is 1. The standard InChI is InChI=1S/C19H32N2O5.C16H18N3O10S/c1-4-8-14(19(25)26-5-2)20-12(3)17(22)21-15-10-7-6-9-13(15)11-16(21)18(23)24;20-12(17-11(16(23)24)6-7-13(21)22)8-9-28-14-15(19(25)29-18-14)30(26,27)10-4-2-1-3-5-10/h12-16,20H,4-11H2,1-3H3,(H,23,24);1-5,11,18H,6-9H2,(H,17,20)(H,21,22)(H,23,24)/q;-1/t12-,13-,14-,15-,16-;11-/m00/s1. The van der Waals surface area contributed by atoms with Gasteiger partial charge in [0.15, 0.2) is 0 Å². The Labute approximate surface area is 323 Å². The molecule has 0 bridgehead atoms. The lowest BCUT2D eigenvalue weighted by Gasteiger charge is -2.35. The summed E-state index contributed by atoms with van der Waals surface area (Å²) in [4.78, 5) is 76.2. The fourth-order valence-electron chi connectivity index (χ4n) is 6.71. The molecule has 2 fully saturated rings. The van der Waals surface area contributed by atoms with Crippen LogP contribution < -0.4 is 16.1 Å². The van der Waals surface area contributed by atoms with Crippen LogP contribution in [0.4, 0.5) is 0 Å². The van der Waals surface area contributed by atoms with Gasteiger partial charge in [-0.3, -0.25) is 29.7 Å². The SMILES string of the molecule is CCC[C@H](N[C@@H](C)C(=O)N1[C@H](C(=O)O)C[C@@H]2CCCC[C@@H]21)C(=O)OCC.O=C(O)CC[C@H](NC(=O)CCOC1=C(S(=O)(=O)c2ccccc2)N([O-])ON1)C(=O)O. The summed E-state index contributed by atoms with van der Waals surface area (Å²) in [6.07, 6.45) is 4.70. The number of nitrogens with one attached hydrogen (secondary N) is 3. The monoisotopic (exact) mass is 812 g/mol. The van der Waals surface area contributed by atoms with Crippen LogP contribution >= 0.6 is 0 Å². The molecule has 6 atom stereocenters. The van der Waals surface area contributed by atoms with Gasteiger partial charge in [0.2, 0.25) is 26.7 Å². The lowest BCUT2D eigenvalue weighted by molar-refractivity contribution is -0.152. The lowest BCUT2D eigenvalue weighted by atomic mass is 9.84. The van der Waals surface area contributed by atoms with Gasteiger partial charge in [0.05, 0.1) is 30.6 Å². The Morgan fingerprint density at radius 2 is 1.68 bits per heavy atom. The van der Waals surface area contributed by atoms with Crippen LogP contribution in [0.1, 0.15) is 85.0 Å². The van der Waals surface area contributed by atoms with Crippen LogP contribution in [0, 0.1) is 11.1 Å². The normalized spacial score (nSPS) is 20.7. The molecule has 0 aromatic heterocycles. The number of esters is 1. The van der Waals surface area contributed by atoms with E-state index in [2.05, 4.69) is 15.6 Å². The number of hydroxylamine groups is 3. The molecule has 21 heteroatoms. The van der Waals surface area contributed by atoms with Gasteiger partial charge < -0.3 is 40.2 Å². The third-order valence-corrected chi connectivity index (χ3v) is 11.1. The van der Waals surface area contributed by atoms with Crippen molar-refractivity contribution in [1.29, 1.82) is 0 Å². The summed E-state index contributed by atoms with van der Waals surface area (Å²) in [6.45, 7) is 5.29. The number of aliphatic carboxylic acids is 3. The van der Waals surface area contributed by atoms with Crippen LogP contribution in [0.5, 0.6) is 0 Å². The molecule has 1 aromatic carbocycles. The number of carboxylic acids is 3. The number of hydrogen-bond acceptors (Lipinski definition) is 15. The molecule has 2 heterocycles. The second-order valence-corrected chi connectivity index (χ2v) is 15.2. The summed E-state index contributed by atoms with van der Waals surface area (Å²) in [5.74, 6) is -5.18. The van der Waals surface area contributed by atoms with Gasteiger partial charge in [0.25, 0.3) is 5.88 Å². The van der Waals surface area contributed by atoms with Crippen LogP contribution in [0.25, 0.3) is 0 Å². The molecule has 312 valence electrons. The van der Waals surface area contributed by atoms with Crippen LogP contribution in [-0.2, 0) is 53.0 Å². The van der Waals surface area contributed by atoms with E-state index in [-0.39, 0.29) is 40.4 Å². The van der Waals surface area contributed by atoms with Crippen LogP contribution in [0.15, 0.2) is 46.1 Å². The minimum Gasteiger partial charge on any atom is -0.731 e. The maximum absolute atomic E-state index is 13.1. The molecular weight excluding hydrogens is 762 g/mol. The van der Waals surface area contributed by atoms with E-state index in [4.69, 9.17) is 19.7 Å². The molecule has 1 saturated heterocycles. The highest BCUT2D eigenvalue weighted by molar-refractivity contribution is 7.95. The third-order valence-electron chi connectivity index (χ3n) is 9.34. The zero-order chi connectivity index (χ0) is 41.6. The summed E-state index contributed by atoms with van der Waals surface area (Å²) in [5.41, 5.74) is 2.00. The lowest BCUT2D eigenvalue weighted by Crippen LogP contribution is -2.55. The number of carbonyl (C=O) groups is 6. The number of nitrogens with zero attached hydrogens (tertiary/aromatic N) is 2. The van der Waals surface area contributed by atoms with E-state index < -0.39 is 88.2 Å². The van der Waals surface area contributed by atoms with Crippen molar-refractivity contribution >= 4 is 45.5 Å². The molecule has 20 nitrogen and oxygen atoms in total. The van der Waals surface area contributed by atoms with E-state index >= 15 is 0 Å². The van der Waals surface area contributed by atoms with Gasteiger partial charge in [-0.1, -0.05) is 44.4 Å². The average Bonchev–Trinajstić information content (AvgIpc) is 3.74. The highest BCUT2D eigenvalue weighted by Crippen LogP contribution is 2.40. The molecule has 1 aliphatic carbocycles. The molecular formula is C35H50N5O15S-. The van der Waals surface area contributed by atoms with Gasteiger partial charge in [0.1, 0.15) is 18.1 Å². The van der Waals surface area contributed by atoms with Gasteiger partial charge in [-0.25, -0.2) is 23.5 Å².